The molecule has 0 spiro atoms. The van der Waals surface area contributed by atoms with Gasteiger partial charge in [-0.05, 0) is 30.8 Å². The van der Waals surface area contributed by atoms with E-state index >= 15 is 0 Å². The Morgan fingerprint density at radius 2 is 2.08 bits per heavy atom. The minimum Gasteiger partial charge on any atom is -0.489 e. The van der Waals surface area contributed by atoms with Gasteiger partial charge in [-0.15, -0.1) is 0 Å². The third kappa shape index (κ3) is 5.03. The Kier molecular flexibility index (Phi) is 6.18. The third-order valence-corrected chi connectivity index (χ3v) is 4.15. The summed E-state index contributed by atoms with van der Waals surface area (Å²) in [5.74, 6) is 0.920. The highest BCUT2D eigenvalue weighted by atomic mass is 16.5. The van der Waals surface area contributed by atoms with Crippen molar-refractivity contribution in [3.8, 4) is 5.75 Å². The molecule has 1 aromatic heterocycles. The second kappa shape index (κ2) is 8.78. The molecule has 3 rings (SSSR count). The van der Waals surface area contributed by atoms with E-state index in [2.05, 4.69) is 28.3 Å². The molecule has 0 aliphatic carbocycles. The Morgan fingerprint density at radius 1 is 1.25 bits per heavy atom. The summed E-state index contributed by atoms with van der Waals surface area (Å²) in [6, 6.07) is 12.1. The fraction of sp³-hybridized carbons (Fsp3) is 0.421. The predicted octanol–water partition coefficient (Wildman–Crippen LogP) is 2.08. The molecular formula is C19H25N3O2. The highest BCUT2D eigenvalue weighted by molar-refractivity contribution is 5.33. The highest BCUT2D eigenvalue weighted by Crippen LogP contribution is 2.19. The minimum absolute atomic E-state index is 0.258. The van der Waals surface area contributed by atoms with E-state index in [9.17, 15) is 0 Å². The second-order valence-electron chi connectivity index (χ2n) is 6.14. The number of likely N-dealkylation sites (N-methyl/N-ethyl adjacent to an activating group) is 1. The summed E-state index contributed by atoms with van der Waals surface area (Å²) in [4.78, 5) is 6.33. The van der Waals surface area contributed by atoms with Crippen LogP contribution < -0.4 is 10.1 Å². The van der Waals surface area contributed by atoms with Gasteiger partial charge in [0.15, 0.2) is 0 Å². The van der Waals surface area contributed by atoms with Crippen LogP contribution in [-0.4, -0.2) is 49.3 Å². The van der Waals surface area contributed by atoms with Gasteiger partial charge in [0.2, 0.25) is 0 Å². The first-order chi connectivity index (χ1) is 11.8. The van der Waals surface area contributed by atoms with Crippen molar-refractivity contribution >= 4 is 0 Å². The molecule has 0 bridgehead atoms. The van der Waals surface area contributed by atoms with E-state index in [1.54, 1.807) is 12.4 Å². The van der Waals surface area contributed by atoms with Crippen LogP contribution in [0.5, 0.6) is 5.75 Å². The van der Waals surface area contributed by atoms with Gasteiger partial charge in [-0.3, -0.25) is 4.98 Å². The van der Waals surface area contributed by atoms with E-state index in [1.165, 1.54) is 0 Å². The molecular weight excluding hydrogens is 302 g/mol. The van der Waals surface area contributed by atoms with Gasteiger partial charge in [-0.25, -0.2) is 0 Å². The van der Waals surface area contributed by atoms with E-state index in [0.29, 0.717) is 6.61 Å². The van der Waals surface area contributed by atoms with Crippen molar-refractivity contribution in [1.82, 2.24) is 15.2 Å². The third-order valence-electron chi connectivity index (χ3n) is 4.15. The molecule has 0 saturated carbocycles. The van der Waals surface area contributed by atoms with Crippen molar-refractivity contribution in [3.63, 3.8) is 0 Å². The molecule has 1 fully saturated rings. The van der Waals surface area contributed by atoms with Crippen molar-refractivity contribution in [2.75, 3.05) is 33.3 Å². The van der Waals surface area contributed by atoms with E-state index in [-0.39, 0.29) is 6.10 Å². The molecule has 0 radical (unpaired) electrons. The molecule has 2 heterocycles. The van der Waals surface area contributed by atoms with E-state index < -0.39 is 0 Å². The van der Waals surface area contributed by atoms with Crippen LogP contribution in [0.25, 0.3) is 0 Å². The summed E-state index contributed by atoms with van der Waals surface area (Å²) in [5, 5.41) is 3.49. The van der Waals surface area contributed by atoms with Crippen LogP contribution in [0.15, 0.2) is 48.8 Å². The highest BCUT2D eigenvalue weighted by Gasteiger charge is 2.17. The SMILES string of the molecule is CN1CCOC(CNCc2ccccc2OCc2ccncc2)C1. The summed E-state index contributed by atoms with van der Waals surface area (Å²) < 4.78 is 11.8. The van der Waals surface area contributed by atoms with Gasteiger partial charge in [-0.2, -0.15) is 0 Å². The van der Waals surface area contributed by atoms with Crippen LogP contribution in [0.4, 0.5) is 0 Å². The average molecular weight is 327 g/mol. The van der Waals surface area contributed by atoms with Crippen LogP contribution in [0.2, 0.25) is 0 Å². The average Bonchev–Trinajstić information content (AvgIpc) is 2.62. The number of nitrogens with one attached hydrogen (secondary N) is 1. The monoisotopic (exact) mass is 327 g/mol. The Balaban J connectivity index is 1.50. The molecule has 1 saturated heterocycles. The van der Waals surface area contributed by atoms with Gasteiger partial charge < -0.3 is 19.7 Å². The lowest BCUT2D eigenvalue weighted by molar-refractivity contribution is -0.0182. The largest absolute Gasteiger partial charge is 0.489 e. The van der Waals surface area contributed by atoms with Crippen LogP contribution in [-0.2, 0) is 17.9 Å². The molecule has 2 aromatic rings. The number of morpholine rings is 1. The molecule has 1 unspecified atom stereocenters. The van der Waals surface area contributed by atoms with E-state index in [0.717, 1.165) is 49.7 Å². The number of ether oxygens (including phenoxy) is 2. The van der Waals surface area contributed by atoms with Gasteiger partial charge in [0.1, 0.15) is 12.4 Å². The zero-order chi connectivity index (χ0) is 16.6. The fourth-order valence-corrected chi connectivity index (χ4v) is 2.79. The second-order valence-corrected chi connectivity index (χ2v) is 6.14. The van der Waals surface area contributed by atoms with Gasteiger partial charge in [0.05, 0.1) is 12.7 Å². The van der Waals surface area contributed by atoms with Crippen molar-refractivity contribution in [3.05, 3.63) is 59.9 Å². The summed E-state index contributed by atoms with van der Waals surface area (Å²) in [6.45, 7) is 4.99. The van der Waals surface area contributed by atoms with Gasteiger partial charge in [-0.1, -0.05) is 18.2 Å². The summed E-state index contributed by atoms with van der Waals surface area (Å²) >= 11 is 0. The molecule has 1 aliphatic heterocycles. The Hall–Kier alpha value is -1.95. The number of para-hydroxylation sites is 1. The van der Waals surface area contributed by atoms with Gasteiger partial charge >= 0.3 is 0 Å². The van der Waals surface area contributed by atoms with Crippen LogP contribution in [0.1, 0.15) is 11.1 Å². The number of hydrogen-bond donors (Lipinski definition) is 1. The maximum atomic E-state index is 5.98. The number of nitrogens with zero attached hydrogens (tertiary/aromatic N) is 2. The normalized spacial score (nSPS) is 18.5. The minimum atomic E-state index is 0.258. The number of benzene rings is 1. The van der Waals surface area contributed by atoms with Crippen molar-refractivity contribution in [1.29, 1.82) is 0 Å². The predicted molar refractivity (Wildman–Crippen MR) is 94.0 cm³/mol. The Labute approximate surface area is 143 Å². The number of aromatic nitrogens is 1. The molecule has 1 aliphatic rings. The molecule has 5 heteroatoms. The molecule has 0 amide bonds. The van der Waals surface area contributed by atoms with Crippen molar-refractivity contribution in [2.24, 2.45) is 0 Å². The van der Waals surface area contributed by atoms with E-state index in [4.69, 9.17) is 9.47 Å². The van der Waals surface area contributed by atoms with Gasteiger partial charge in [0, 0.05) is 44.1 Å². The lowest BCUT2D eigenvalue weighted by atomic mass is 10.2. The molecule has 1 atom stereocenters. The zero-order valence-corrected chi connectivity index (χ0v) is 14.1. The molecule has 128 valence electrons. The first-order valence-electron chi connectivity index (χ1n) is 8.42. The van der Waals surface area contributed by atoms with Crippen molar-refractivity contribution in [2.45, 2.75) is 19.3 Å². The standard InChI is InChI=1S/C19H25N3O2/c1-22-10-11-23-18(14-22)13-21-12-17-4-2-3-5-19(17)24-15-16-6-8-20-9-7-16/h2-9,18,21H,10-15H2,1H3. The molecule has 24 heavy (non-hydrogen) atoms. The fourth-order valence-electron chi connectivity index (χ4n) is 2.79. The molecule has 5 nitrogen and oxygen atoms in total. The Morgan fingerprint density at radius 3 is 2.92 bits per heavy atom. The first kappa shape index (κ1) is 16.9. The number of rotatable bonds is 7. The van der Waals surface area contributed by atoms with Crippen molar-refractivity contribution < 1.29 is 9.47 Å². The van der Waals surface area contributed by atoms with E-state index in [1.807, 2.05) is 30.3 Å². The quantitative estimate of drug-likeness (QED) is 0.844. The summed E-state index contributed by atoms with van der Waals surface area (Å²) in [7, 11) is 2.14. The summed E-state index contributed by atoms with van der Waals surface area (Å²) in [5.41, 5.74) is 2.28. The molecule has 1 aromatic carbocycles. The molecule has 1 N–H and O–H groups in total. The zero-order valence-electron chi connectivity index (χ0n) is 14.1. The van der Waals surface area contributed by atoms with Crippen LogP contribution in [0.3, 0.4) is 0 Å². The maximum Gasteiger partial charge on any atom is 0.124 e. The topological polar surface area (TPSA) is 46.6 Å². The Bertz CT molecular complexity index is 621. The smallest absolute Gasteiger partial charge is 0.124 e. The lowest BCUT2D eigenvalue weighted by Gasteiger charge is -2.30. The maximum absolute atomic E-state index is 5.98. The van der Waals surface area contributed by atoms with Gasteiger partial charge in [0.25, 0.3) is 0 Å². The number of hydrogen-bond acceptors (Lipinski definition) is 5. The number of pyridine rings is 1. The summed E-state index contributed by atoms with van der Waals surface area (Å²) in [6.07, 6.45) is 3.83. The van der Waals surface area contributed by atoms with Crippen LogP contribution >= 0.6 is 0 Å². The van der Waals surface area contributed by atoms with Crippen LogP contribution in [0, 0.1) is 0 Å². The first-order valence-corrected chi connectivity index (χ1v) is 8.42. The lowest BCUT2D eigenvalue weighted by Crippen LogP contribution is -2.44.